The first-order valence-electron chi connectivity index (χ1n) is 9.22. The smallest absolute Gasteiger partial charge is 0.254 e. The maximum absolute atomic E-state index is 12.7. The number of hydrogen-bond acceptors (Lipinski definition) is 3. The minimum absolute atomic E-state index is 0.123. The molecule has 0 fully saturated rings. The molecular formula is C23H22N4O2. The van der Waals surface area contributed by atoms with E-state index in [0.29, 0.717) is 11.3 Å². The summed E-state index contributed by atoms with van der Waals surface area (Å²) < 4.78 is 1.83. The maximum Gasteiger partial charge on any atom is 0.254 e. The molecule has 0 bridgehead atoms. The van der Waals surface area contributed by atoms with Gasteiger partial charge in [-0.1, -0.05) is 36.3 Å². The second-order valence-electron chi connectivity index (χ2n) is 6.55. The topological polar surface area (TPSA) is 76.0 Å². The summed E-state index contributed by atoms with van der Waals surface area (Å²) in [6.07, 6.45) is 5.35. The Labute approximate surface area is 169 Å². The van der Waals surface area contributed by atoms with Gasteiger partial charge >= 0.3 is 0 Å². The zero-order valence-electron chi connectivity index (χ0n) is 16.4. The van der Waals surface area contributed by atoms with Crippen molar-refractivity contribution in [3.63, 3.8) is 0 Å². The summed E-state index contributed by atoms with van der Waals surface area (Å²) in [7, 11) is 0. The lowest BCUT2D eigenvalue weighted by Gasteiger charge is -2.11. The molecule has 0 radical (unpaired) electrons. The Balaban J connectivity index is 1.79. The third-order valence-corrected chi connectivity index (χ3v) is 4.58. The molecule has 2 aromatic carbocycles. The van der Waals surface area contributed by atoms with Gasteiger partial charge in [0.05, 0.1) is 35.6 Å². The summed E-state index contributed by atoms with van der Waals surface area (Å²) in [5.74, 6) is 1.81. The van der Waals surface area contributed by atoms with Crippen LogP contribution in [0.2, 0.25) is 0 Å². The van der Waals surface area contributed by atoms with Crippen LogP contribution in [0.25, 0.3) is 5.69 Å². The number of benzene rings is 2. The van der Waals surface area contributed by atoms with Crippen LogP contribution in [0, 0.1) is 26.2 Å². The highest BCUT2D eigenvalue weighted by atomic mass is 16.2. The number of anilines is 1. The lowest BCUT2D eigenvalue weighted by atomic mass is 10.1. The number of nitrogens with one attached hydrogen (secondary N) is 2. The van der Waals surface area contributed by atoms with Crippen LogP contribution in [-0.2, 0) is 11.2 Å². The molecule has 6 heteroatoms. The van der Waals surface area contributed by atoms with Crippen LogP contribution in [0.5, 0.6) is 0 Å². The van der Waals surface area contributed by atoms with Crippen molar-refractivity contribution < 1.29 is 9.59 Å². The van der Waals surface area contributed by atoms with Gasteiger partial charge in [0.25, 0.3) is 5.91 Å². The first kappa shape index (κ1) is 19.9. The largest absolute Gasteiger partial charge is 0.341 e. The van der Waals surface area contributed by atoms with Crippen LogP contribution in [0.4, 0.5) is 5.69 Å². The molecule has 0 spiro atoms. The zero-order valence-corrected chi connectivity index (χ0v) is 16.4. The minimum Gasteiger partial charge on any atom is -0.341 e. The van der Waals surface area contributed by atoms with Crippen LogP contribution in [0.15, 0.2) is 54.6 Å². The fraction of sp³-hybridized carbons (Fsp3) is 0.174. The average molecular weight is 386 g/mol. The van der Waals surface area contributed by atoms with Crippen LogP contribution in [0.1, 0.15) is 27.3 Å². The van der Waals surface area contributed by atoms with Gasteiger partial charge in [0.1, 0.15) is 0 Å². The van der Waals surface area contributed by atoms with Crippen molar-refractivity contribution in [1.82, 2.24) is 15.1 Å². The standard InChI is InChI=1S/C23H22N4O2/c1-4-14-24-23(29)19-12-8-9-13-21(19)25-22(28)15-20-16(2)26-27(17(20)3)18-10-6-5-7-11-18/h1,5-13H,14-15H2,2-3H3,(H,24,29)(H,25,28). The molecular weight excluding hydrogens is 364 g/mol. The number of rotatable bonds is 6. The van der Waals surface area contributed by atoms with Crippen LogP contribution in [-0.4, -0.2) is 28.1 Å². The Hall–Kier alpha value is -3.85. The predicted octanol–water partition coefficient (Wildman–Crippen LogP) is 3.03. The molecule has 0 aliphatic rings. The molecule has 0 unspecified atom stereocenters. The fourth-order valence-corrected chi connectivity index (χ4v) is 3.12. The molecule has 1 aromatic heterocycles. The van der Waals surface area contributed by atoms with Crippen LogP contribution in [0.3, 0.4) is 0 Å². The number of nitrogens with zero attached hydrogens (tertiary/aromatic N) is 2. The molecule has 3 aromatic rings. The quantitative estimate of drug-likeness (QED) is 0.640. The molecule has 146 valence electrons. The second kappa shape index (κ2) is 8.89. The van der Waals surface area contributed by atoms with E-state index in [9.17, 15) is 9.59 Å². The van der Waals surface area contributed by atoms with Gasteiger partial charge < -0.3 is 10.6 Å². The summed E-state index contributed by atoms with van der Waals surface area (Å²) in [6, 6.07) is 16.6. The zero-order chi connectivity index (χ0) is 20.8. The van der Waals surface area contributed by atoms with Gasteiger partial charge in [0.2, 0.25) is 5.91 Å². The molecule has 29 heavy (non-hydrogen) atoms. The highest BCUT2D eigenvalue weighted by Crippen LogP contribution is 2.20. The Morgan fingerprint density at radius 1 is 1.07 bits per heavy atom. The average Bonchev–Trinajstić information content (AvgIpc) is 3.01. The van der Waals surface area contributed by atoms with Gasteiger partial charge in [0, 0.05) is 11.3 Å². The number of aryl methyl sites for hydroxylation is 1. The Morgan fingerprint density at radius 2 is 1.76 bits per heavy atom. The van der Waals surface area contributed by atoms with Gasteiger partial charge in [-0.15, -0.1) is 6.42 Å². The SMILES string of the molecule is C#CCNC(=O)c1ccccc1NC(=O)Cc1c(C)nn(-c2ccccc2)c1C. The lowest BCUT2D eigenvalue weighted by Crippen LogP contribution is -2.25. The van der Waals surface area contributed by atoms with Crippen molar-refractivity contribution in [2.24, 2.45) is 0 Å². The molecule has 2 N–H and O–H groups in total. The van der Waals surface area contributed by atoms with Crippen molar-refractivity contribution in [2.75, 3.05) is 11.9 Å². The monoisotopic (exact) mass is 386 g/mol. The molecule has 6 nitrogen and oxygen atoms in total. The fourth-order valence-electron chi connectivity index (χ4n) is 3.12. The molecule has 3 rings (SSSR count). The van der Waals surface area contributed by atoms with E-state index in [-0.39, 0.29) is 24.8 Å². The van der Waals surface area contributed by atoms with E-state index >= 15 is 0 Å². The normalized spacial score (nSPS) is 10.2. The molecule has 0 aliphatic heterocycles. The van der Waals surface area contributed by atoms with Gasteiger partial charge in [0.15, 0.2) is 0 Å². The number of carbonyl (C=O) groups excluding carboxylic acids is 2. The lowest BCUT2D eigenvalue weighted by molar-refractivity contribution is -0.115. The molecule has 2 amide bonds. The predicted molar refractivity (Wildman–Crippen MR) is 113 cm³/mol. The van der Waals surface area contributed by atoms with Crippen molar-refractivity contribution in [1.29, 1.82) is 0 Å². The third-order valence-electron chi connectivity index (χ3n) is 4.58. The highest BCUT2D eigenvalue weighted by molar-refractivity contribution is 6.04. The molecule has 0 aliphatic carbocycles. The summed E-state index contributed by atoms with van der Waals surface area (Å²) in [5, 5.41) is 10.0. The first-order chi connectivity index (χ1) is 14.0. The van der Waals surface area contributed by atoms with E-state index in [4.69, 9.17) is 6.42 Å². The Kier molecular flexibility index (Phi) is 6.10. The van der Waals surface area contributed by atoms with Gasteiger partial charge in [-0.2, -0.15) is 5.10 Å². The maximum atomic E-state index is 12.7. The summed E-state index contributed by atoms with van der Waals surface area (Å²) >= 11 is 0. The highest BCUT2D eigenvalue weighted by Gasteiger charge is 2.18. The number of para-hydroxylation sites is 2. The number of amides is 2. The second-order valence-corrected chi connectivity index (χ2v) is 6.55. The minimum atomic E-state index is -0.330. The van der Waals surface area contributed by atoms with Gasteiger partial charge in [-0.25, -0.2) is 4.68 Å². The first-order valence-corrected chi connectivity index (χ1v) is 9.22. The van der Waals surface area contributed by atoms with Crippen LogP contribution < -0.4 is 10.6 Å². The van der Waals surface area contributed by atoms with Crippen LogP contribution >= 0.6 is 0 Å². The van der Waals surface area contributed by atoms with Crippen molar-refractivity contribution >= 4 is 17.5 Å². The van der Waals surface area contributed by atoms with E-state index in [1.807, 2.05) is 48.9 Å². The number of hydrogen-bond donors (Lipinski definition) is 2. The van der Waals surface area contributed by atoms with E-state index in [2.05, 4.69) is 21.7 Å². The molecule has 1 heterocycles. The van der Waals surface area contributed by atoms with Crippen molar-refractivity contribution in [3.8, 4) is 18.0 Å². The summed E-state index contributed by atoms with van der Waals surface area (Å²) in [6.45, 7) is 3.95. The summed E-state index contributed by atoms with van der Waals surface area (Å²) in [5.41, 5.74) is 4.31. The van der Waals surface area contributed by atoms with Crippen molar-refractivity contribution in [2.45, 2.75) is 20.3 Å². The molecule has 0 atom stereocenters. The molecule has 0 saturated carbocycles. The number of aromatic nitrogens is 2. The third kappa shape index (κ3) is 4.53. The number of carbonyl (C=O) groups is 2. The number of terminal acetylenes is 1. The van der Waals surface area contributed by atoms with Crippen molar-refractivity contribution in [3.05, 3.63) is 77.1 Å². The Bertz CT molecular complexity index is 1080. The summed E-state index contributed by atoms with van der Waals surface area (Å²) in [4.78, 5) is 25.0. The molecule has 0 saturated heterocycles. The van der Waals surface area contributed by atoms with E-state index < -0.39 is 0 Å². The Morgan fingerprint density at radius 3 is 2.48 bits per heavy atom. The van der Waals surface area contributed by atoms with E-state index in [1.165, 1.54) is 0 Å². The van der Waals surface area contributed by atoms with E-state index in [0.717, 1.165) is 22.6 Å². The van der Waals surface area contributed by atoms with E-state index in [1.54, 1.807) is 24.3 Å². The van der Waals surface area contributed by atoms with Gasteiger partial charge in [-0.05, 0) is 38.1 Å². The van der Waals surface area contributed by atoms with Gasteiger partial charge in [-0.3, -0.25) is 9.59 Å².